The summed E-state index contributed by atoms with van der Waals surface area (Å²) in [5.74, 6) is 0. The lowest BCUT2D eigenvalue weighted by Gasteiger charge is -1.89. The highest BCUT2D eigenvalue weighted by Crippen LogP contribution is 2.16. The molecule has 0 aliphatic rings. The van der Waals surface area contributed by atoms with Crippen LogP contribution in [0.4, 0.5) is 0 Å². The van der Waals surface area contributed by atoms with Gasteiger partial charge in [0.15, 0.2) is 0 Å². The quantitative estimate of drug-likeness (QED) is 0.448. The normalized spacial score (nSPS) is 9.30. The molecule has 0 saturated carbocycles. The number of hydrogen-bond donors (Lipinski definition) is 0. The molecule has 0 aromatic heterocycles. The molecule has 2 heteroatoms. The van der Waals surface area contributed by atoms with Gasteiger partial charge >= 0.3 is 5.12 Å². The number of rotatable bonds is 1. The zero-order valence-corrected chi connectivity index (χ0v) is 6.56. The van der Waals surface area contributed by atoms with Gasteiger partial charge in [-0.2, -0.15) is 0 Å². The van der Waals surface area contributed by atoms with Crippen molar-refractivity contribution in [3.63, 3.8) is 0 Å². The molecule has 0 saturated heterocycles. The fourth-order valence-corrected chi connectivity index (χ4v) is 1.29. The summed E-state index contributed by atoms with van der Waals surface area (Å²) in [4.78, 5) is 9.96. The van der Waals surface area contributed by atoms with Gasteiger partial charge in [-0.15, -0.1) is 0 Å². The minimum Gasteiger partial charge on any atom is -0.272 e. The Bertz CT molecular complexity index is 218. The molecule has 1 N–H and O–H groups in total. The van der Waals surface area contributed by atoms with Crippen molar-refractivity contribution in [3.05, 3.63) is 30.3 Å². The highest BCUT2D eigenvalue weighted by Gasteiger charge is 2.00. The molecule has 0 fully saturated rings. The first kappa shape index (κ1) is 7.35. The summed E-state index contributed by atoms with van der Waals surface area (Å²) < 4.78 is 0. The van der Waals surface area contributed by atoms with E-state index in [4.69, 9.17) is 4.79 Å². The van der Waals surface area contributed by atoms with E-state index in [9.17, 15) is 0 Å². The Balaban J connectivity index is 2.67. The zero-order chi connectivity index (χ0) is 7.40. The van der Waals surface area contributed by atoms with Crippen molar-refractivity contribution in [2.45, 2.75) is 11.8 Å². The van der Waals surface area contributed by atoms with Gasteiger partial charge in [0.1, 0.15) is 0 Å². The van der Waals surface area contributed by atoms with Crippen LogP contribution in [0, 0.1) is 0 Å². The molecular weight excluding hydrogens is 144 g/mol. The van der Waals surface area contributed by atoms with Crippen molar-refractivity contribution < 1.29 is 4.79 Å². The van der Waals surface area contributed by atoms with Crippen molar-refractivity contribution in [2.75, 3.05) is 0 Å². The van der Waals surface area contributed by atoms with Gasteiger partial charge in [-0.3, -0.25) is 4.79 Å². The van der Waals surface area contributed by atoms with E-state index in [1.54, 1.807) is 6.92 Å². The molecule has 0 atom stereocenters. The molecule has 0 amide bonds. The molecule has 1 rings (SSSR count). The Kier molecular flexibility index (Phi) is 2.51. The Morgan fingerprint density at radius 1 is 1.30 bits per heavy atom. The number of hydrogen-bond acceptors (Lipinski definition) is 1. The van der Waals surface area contributed by atoms with E-state index in [-0.39, 0.29) is 0 Å². The molecule has 0 spiro atoms. The number of carbonyl (C=O) groups excluding carboxylic acids is 1. The van der Waals surface area contributed by atoms with Crippen LogP contribution in [0.15, 0.2) is 35.2 Å². The summed E-state index contributed by atoms with van der Waals surface area (Å²) in [6.07, 6.45) is 0. The van der Waals surface area contributed by atoms with Crippen molar-refractivity contribution in [2.24, 2.45) is 0 Å². The second-order valence-corrected chi connectivity index (χ2v) is 3.20. The highest BCUT2D eigenvalue weighted by molar-refractivity contribution is 8.13. The molecule has 0 radical (unpaired) electrons. The van der Waals surface area contributed by atoms with Crippen LogP contribution < -0.4 is 0 Å². The standard InChI is InChI=1S/C8H8OS/c1-7(9)10-8-5-3-2-4-6-8/h2-6H,1H3/p+1. The third-order valence-electron chi connectivity index (χ3n) is 1.01. The predicted molar refractivity (Wildman–Crippen MR) is 44.9 cm³/mol. The molecule has 0 unspecified atom stereocenters. The van der Waals surface area contributed by atoms with Crippen molar-refractivity contribution in [3.8, 4) is 0 Å². The lowest BCUT2D eigenvalue weighted by atomic mass is 10.4. The fraction of sp³-hybridized carbons (Fsp3) is 0.125. The molecule has 52 valence electrons. The van der Waals surface area contributed by atoms with Gasteiger partial charge in [0, 0.05) is 16.7 Å². The predicted octanol–water partition coefficient (Wildman–Crippen LogP) is 2.30. The number of benzene rings is 1. The SMILES string of the molecule is CC(=[OH+])Sc1ccccc1. The van der Waals surface area contributed by atoms with E-state index in [1.807, 2.05) is 30.3 Å². The van der Waals surface area contributed by atoms with Crippen LogP contribution >= 0.6 is 11.8 Å². The fourth-order valence-electron chi connectivity index (χ4n) is 0.659. The van der Waals surface area contributed by atoms with Crippen LogP contribution in [-0.2, 0) is 0 Å². The summed E-state index contributed by atoms with van der Waals surface area (Å²) in [5.41, 5.74) is 0. The lowest BCUT2D eigenvalue weighted by molar-refractivity contribution is 0.686. The van der Waals surface area contributed by atoms with Crippen LogP contribution in [-0.4, -0.2) is 9.91 Å². The molecule has 0 bridgehead atoms. The highest BCUT2D eigenvalue weighted by atomic mass is 32.2. The van der Waals surface area contributed by atoms with Crippen LogP contribution in [0.2, 0.25) is 0 Å². The monoisotopic (exact) mass is 153 g/mol. The average Bonchev–Trinajstić information content (AvgIpc) is 1.88. The van der Waals surface area contributed by atoms with Gasteiger partial charge in [-0.25, -0.2) is 0 Å². The number of thioether (sulfide) groups is 1. The van der Waals surface area contributed by atoms with Gasteiger partial charge in [-0.05, 0) is 12.1 Å². The Morgan fingerprint density at radius 2 is 1.90 bits per heavy atom. The van der Waals surface area contributed by atoms with Crippen LogP contribution in [0.5, 0.6) is 0 Å². The van der Waals surface area contributed by atoms with E-state index < -0.39 is 0 Å². The molecule has 0 aliphatic carbocycles. The van der Waals surface area contributed by atoms with Gasteiger partial charge in [-0.1, -0.05) is 18.2 Å². The second kappa shape index (κ2) is 3.42. The Hall–Kier alpha value is -0.760. The third kappa shape index (κ3) is 2.23. The van der Waals surface area contributed by atoms with Crippen molar-refractivity contribution in [1.29, 1.82) is 0 Å². The summed E-state index contributed by atoms with van der Waals surface area (Å²) in [6, 6.07) is 9.78. The van der Waals surface area contributed by atoms with Crippen LogP contribution in [0.25, 0.3) is 0 Å². The summed E-state index contributed by atoms with van der Waals surface area (Å²) in [7, 11) is 0. The van der Waals surface area contributed by atoms with E-state index in [2.05, 4.69) is 0 Å². The molecule has 0 aliphatic heterocycles. The average molecular weight is 153 g/mol. The van der Waals surface area contributed by atoms with E-state index >= 15 is 0 Å². The minimum atomic E-state index is 0.381. The molecule has 1 aromatic carbocycles. The van der Waals surface area contributed by atoms with Gasteiger partial charge in [0.05, 0.1) is 6.92 Å². The van der Waals surface area contributed by atoms with Crippen molar-refractivity contribution in [1.82, 2.24) is 0 Å². The second-order valence-electron chi connectivity index (χ2n) is 1.93. The van der Waals surface area contributed by atoms with E-state index in [0.717, 1.165) is 4.90 Å². The first-order chi connectivity index (χ1) is 4.79. The summed E-state index contributed by atoms with van der Waals surface area (Å²) in [5, 5.41) is 0.381. The van der Waals surface area contributed by atoms with Crippen LogP contribution in [0.1, 0.15) is 6.92 Å². The molecular formula is C8H9OS+. The van der Waals surface area contributed by atoms with Gasteiger partial charge in [0.2, 0.25) is 0 Å². The van der Waals surface area contributed by atoms with Crippen molar-refractivity contribution >= 4 is 16.9 Å². The Labute approximate surface area is 64.4 Å². The summed E-state index contributed by atoms with van der Waals surface area (Å²) in [6.45, 7) is 1.68. The first-order valence-corrected chi connectivity index (χ1v) is 3.86. The maximum Gasteiger partial charge on any atom is 0.352 e. The smallest absolute Gasteiger partial charge is 0.272 e. The molecule has 10 heavy (non-hydrogen) atoms. The molecule has 1 aromatic rings. The largest absolute Gasteiger partial charge is 0.352 e. The zero-order valence-electron chi connectivity index (χ0n) is 5.74. The summed E-state index contributed by atoms with van der Waals surface area (Å²) >= 11 is 1.37. The topological polar surface area (TPSA) is 21.4 Å². The third-order valence-corrected chi connectivity index (χ3v) is 1.81. The van der Waals surface area contributed by atoms with Crippen LogP contribution in [0.3, 0.4) is 0 Å². The maximum absolute atomic E-state index is 8.89. The maximum atomic E-state index is 8.89. The van der Waals surface area contributed by atoms with Gasteiger partial charge < -0.3 is 0 Å². The minimum absolute atomic E-state index is 0.381. The lowest BCUT2D eigenvalue weighted by Crippen LogP contribution is -1.79. The van der Waals surface area contributed by atoms with Gasteiger partial charge in [0.25, 0.3) is 0 Å². The first-order valence-electron chi connectivity index (χ1n) is 3.04. The molecule has 0 heterocycles. The van der Waals surface area contributed by atoms with E-state index in [0.29, 0.717) is 5.12 Å². The Morgan fingerprint density at radius 3 is 2.40 bits per heavy atom. The van der Waals surface area contributed by atoms with E-state index in [1.165, 1.54) is 11.8 Å². The molecule has 1 nitrogen and oxygen atoms in total.